The maximum absolute atomic E-state index is 13.6. The Morgan fingerprint density at radius 1 is 1.05 bits per heavy atom. The molecule has 4 aromatic rings. The zero-order chi connectivity index (χ0) is 29.9. The van der Waals surface area contributed by atoms with E-state index < -0.39 is 24.3 Å². The highest BCUT2D eigenvalue weighted by Gasteiger charge is 2.45. The molecule has 0 bridgehead atoms. The number of hydrogen-bond donors (Lipinski definition) is 1. The molecule has 0 spiro atoms. The molecule has 1 saturated heterocycles. The standard InChI is InChI=1S/C31H36N6O5/c1-6-10-25-32-23(7-2)26(29(38)40-18-24-27(31(3,4)5)42-30(39)41-24)37(25)17-19-13-15-20(16-14-19)21-11-8-9-12-22(21)28-33-35-36-34-28/h8-9,11-16,24,27H,6-7,10,17-18H2,1-5H3,(H,33,34,35,36). The highest BCUT2D eigenvalue weighted by Crippen LogP contribution is 2.32. The van der Waals surface area contributed by atoms with Gasteiger partial charge in [-0.15, -0.1) is 10.2 Å². The van der Waals surface area contributed by atoms with E-state index in [2.05, 4.69) is 27.5 Å². The summed E-state index contributed by atoms with van der Waals surface area (Å²) < 4.78 is 18.4. The van der Waals surface area contributed by atoms with Crippen LogP contribution in [-0.2, 0) is 33.6 Å². The summed E-state index contributed by atoms with van der Waals surface area (Å²) in [6.45, 7) is 10.3. The first-order chi connectivity index (χ1) is 20.2. The minimum Gasteiger partial charge on any atom is -0.457 e. The fourth-order valence-corrected chi connectivity index (χ4v) is 5.27. The first-order valence-corrected chi connectivity index (χ1v) is 14.2. The van der Waals surface area contributed by atoms with Crippen LogP contribution in [0.25, 0.3) is 22.5 Å². The summed E-state index contributed by atoms with van der Waals surface area (Å²) in [7, 11) is 0. The van der Waals surface area contributed by atoms with Gasteiger partial charge < -0.3 is 18.8 Å². The number of tetrazole rings is 1. The Morgan fingerprint density at radius 2 is 1.79 bits per heavy atom. The maximum Gasteiger partial charge on any atom is 0.509 e. The number of carbonyl (C=O) groups is 2. The molecule has 0 saturated carbocycles. The Hall–Kier alpha value is -4.54. The van der Waals surface area contributed by atoms with Gasteiger partial charge in [-0.2, -0.15) is 5.21 Å². The lowest BCUT2D eigenvalue weighted by atomic mass is 9.86. The molecule has 5 rings (SSSR count). The quantitative estimate of drug-likeness (QED) is 0.248. The van der Waals surface area contributed by atoms with E-state index in [1.54, 1.807) is 0 Å². The first-order valence-electron chi connectivity index (χ1n) is 14.2. The van der Waals surface area contributed by atoms with Gasteiger partial charge in [-0.1, -0.05) is 83.1 Å². The molecule has 0 radical (unpaired) electrons. The number of cyclic esters (lactones) is 2. The van der Waals surface area contributed by atoms with E-state index in [1.165, 1.54) is 0 Å². The number of rotatable bonds is 10. The zero-order valence-corrected chi connectivity index (χ0v) is 24.6. The minimum absolute atomic E-state index is 0.0988. The second-order valence-corrected chi connectivity index (χ2v) is 11.4. The van der Waals surface area contributed by atoms with Crippen molar-refractivity contribution in [2.24, 2.45) is 5.41 Å². The third-order valence-electron chi connectivity index (χ3n) is 7.28. The first kappa shape index (κ1) is 29.0. The van der Waals surface area contributed by atoms with Crippen molar-refractivity contribution in [3.8, 4) is 22.5 Å². The zero-order valence-electron chi connectivity index (χ0n) is 24.6. The number of aromatic amines is 1. The van der Waals surface area contributed by atoms with Crippen LogP contribution in [0.3, 0.4) is 0 Å². The van der Waals surface area contributed by atoms with Gasteiger partial charge in [0.25, 0.3) is 0 Å². The monoisotopic (exact) mass is 572 g/mol. The Morgan fingerprint density at radius 3 is 2.43 bits per heavy atom. The van der Waals surface area contributed by atoms with Crippen LogP contribution in [0.15, 0.2) is 48.5 Å². The summed E-state index contributed by atoms with van der Waals surface area (Å²) in [4.78, 5) is 30.2. The highest BCUT2D eigenvalue weighted by molar-refractivity contribution is 5.89. The minimum atomic E-state index is -0.746. The van der Waals surface area contributed by atoms with Gasteiger partial charge in [0, 0.05) is 23.9 Å². The van der Waals surface area contributed by atoms with Gasteiger partial charge in [-0.25, -0.2) is 14.6 Å². The average molecular weight is 573 g/mol. The average Bonchev–Trinajstić information content (AvgIpc) is 3.72. The number of benzene rings is 2. The smallest absolute Gasteiger partial charge is 0.457 e. The molecule has 0 aliphatic carbocycles. The highest BCUT2D eigenvalue weighted by atomic mass is 16.8. The van der Waals surface area contributed by atoms with Gasteiger partial charge >= 0.3 is 12.1 Å². The molecule has 1 fully saturated rings. The molecular weight excluding hydrogens is 536 g/mol. The van der Waals surface area contributed by atoms with Crippen molar-refractivity contribution in [2.45, 2.75) is 72.6 Å². The number of nitrogens with one attached hydrogen (secondary N) is 1. The molecular formula is C31H36N6O5. The summed E-state index contributed by atoms with van der Waals surface area (Å²) >= 11 is 0. The van der Waals surface area contributed by atoms with Crippen LogP contribution < -0.4 is 0 Å². The van der Waals surface area contributed by atoms with Crippen molar-refractivity contribution >= 4 is 12.1 Å². The number of aryl methyl sites for hydroxylation is 2. The molecule has 42 heavy (non-hydrogen) atoms. The number of ether oxygens (including phenoxy) is 3. The van der Waals surface area contributed by atoms with E-state index in [9.17, 15) is 9.59 Å². The van der Waals surface area contributed by atoms with Crippen molar-refractivity contribution in [1.82, 2.24) is 30.2 Å². The van der Waals surface area contributed by atoms with E-state index in [0.717, 1.165) is 40.9 Å². The molecule has 2 unspecified atom stereocenters. The molecule has 0 amide bonds. The van der Waals surface area contributed by atoms with Gasteiger partial charge in [0.05, 0.1) is 5.69 Å². The molecule has 11 heteroatoms. The van der Waals surface area contributed by atoms with Crippen LogP contribution in [0.1, 0.15) is 68.6 Å². The molecule has 1 aliphatic rings. The number of H-pyrrole nitrogens is 1. The third kappa shape index (κ3) is 6.05. The SMILES string of the molecule is CCCc1nc(CC)c(C(=O)OCC2OC(=O)OC2C(C)(C)C)n1Cc1ccc(-c2ccccc2-c2nn[nH]n2)cc1. The molecule has 220 valence electrons. The number of esters is 1. The van der Waals surface area contributed by atoms with Crippen LogP contribution in [0.4, 0.5) is 4.79 Å². The topological polar surface area (TPSA) is 134 Å². The Kier molecular flexibility index (Phi) is 8.37. The van der Waals surface area contributed by atoms with Gasteiger partial charge in [0.15, 0.2) is 17.9 Å². The van der Waals surface area contributed by atoms with Crippen molar-refractivity contribution < 1.29 is 23.8 Å². The van der Waals surface area contributed by atoms with Crippen LogP contribution in [0.5, 0.6) is 0 Å². The fourth-order valence-electron chi connectivity index (χ4n) is 5.27. The Bertz CT molecular complexity index is 1540. The molecule has 2 aromatic carbocycles. The number of aromatic nitrogens is 6. The Labute approximate surface area is 244 Å². The molecule has 2 aromatic heterocycles. The van der Waals surface area contributed by atoms with Gasteiger partial charge in [-0.3, -0.25) is 0 Å². The fraction of sp³-hybridized carbons (Fsp3) is 0.419. The lowest BCUT2D eigenvalue weighted by molar-refractivity contribution is 0.00210. The van der Waals surface area contributed by atoms with Crippen LogP contribution in [-0.4, -0.2) is 61.1 Å². The van der Waals surface area contributed by atoms with E-state index in [4.69, 9.17) is 19.2 Å². The van der Waals surface area contributed by atoms with Gasteiger partial charge in [0.2, 0.25) is 5.82 Å². The molecule has 1 N–H and O–H groups in total. The maximum atomic E-state index is 13.6. The molecule has 11 nitrogen and oxygen atoms in total. The summed E-state index contributed by atoms with van der Waals surface area (Å²) in [6.07, 6.45) is 0.226. The van der Waals surface area contributed by atoms with E-state index in [1.807, 2.05) is 80.8 Å². The summed E-state index contributed by atoms with van der Waals surface area (Å²) in [5.74, 6) is 0.860. The predicted octanol–water partition coefficient (Wildman–Crippen LogP) is 5.40. The second-order valence-electron chi connectivity index (χ2n) is 11.4. The summed E-state index contributed by atoms with van der Waals surface area (Å²) in [5.41, 5.74) is 4.62. The number of hydrogen-bond acceptors (Lipinski definition) is 9. The predicted molar refractivity (Wildman–Crippen MR) is 155 cm³/mol. The van der Waals surface area contributed by atoms with Gasteiger partial charge in [0.1, 0.15) is 12.4 Å². The second kappa shape index (κ2) is 12.1. The van der Waals surface area contributed by atoms with E-state index >= 15 is 0 Å². The molecule has 2 atom stereocenters. The summed E-state index contributed by atoms with van der Waals surface area (Å²) in [5, 5.41) is 14.5. The normalized spacial score (nSPS) is 16.7. The number of carbonyl (C=O) groups excluding carboxylic acids is 2. The Balaban J connectivity index is 1.39. The van der Waals surface area contributed by atoms with Crippen LogP contribution >= 0.6 is 0 Å². The van der Waals surface area contributed by atoms with Crippen molar-refractivity contribution in [3.63, 3.8) is 0 Å². The molecule has 3 heterocycles. The van der Waals surface area contributed by atoms with E-state index in [-0.39, 0.29) is 12.0 Å². The van der Waals surface area contributed by atoms with E-state index in [0.29, 0.717) is 30.2 Å². The van der Waals surface area contributed by atoms with Crippen molar-refractivity contribution in [3.05, 3.63) is 71.3 Å². The van der Waals surface area contributed by atoms with Crippen LogP contribution in [0, 0.1) is 5.41 Å². The number of nitrogens with zero attached hydrogens (tertiary/aromatic N) is 5. The van der Waals surface area contributed by atoms with Crippen molar-refractivity contribution in [1.29, 1.82) is 0 Å². The van der Waals surface area contributed by atoms with Crippen LogP contribution in [0.2, 0.25) is 0 Å². The molecule has 1 aliphatic heterocycles. The lowest BCUT2D eigenvalue weighted by Crippen LogP contribution is -2.38. The lowest BCUT2D eigenvalue weighted by Gasteiger charge is -2.27. The van der Waals surface area contributed by atoms with Gasteiger partial charge in [-0.05, 0) is 34.7 Å². The largest absolute Gasteiger partial charge is 0.509 e. The third-order valence-corrected chi connectivity index (χ3v) is 7.28. The number of imidazole rings is 1. The summed E-state index contributed by atoms with van der Waals surface area (Å²) in [6, 6.07) is 16.1. The van der Waals surface area contributed by atoms with Crippen molar-refractivity contribution in [2.75, 3.05) is 6.61 Å².